The van der Waals surface area contributed by atoms with E-state index in [-0.39, 0.29) is 32.0 Å². The summed E-state index contributed by atoms with van der Waals surface area (Å²) in [5.74, 6) is 0.431. The molecule has 2 aromatic heterocycles. The third kappa shape index (κ3) is 8.82. The lowest BCUT2D eigenvalue weighted by Gasteiger charge is -2.38. The van der Waals surface area contributed by atoms with Crippen LogP contribution in [-0.4, -0.2) is 75.9 Å². The zero-order valence-corrected chi connectivity index (χ0v) is 28.8. The predicted octanol–water partition coefficient (Wildman–Crippen LogP) is 6.71. The van der Waals surface area contributed by atoms with Crippen LogP contribution in [0.4, 0.5) is 0 Å². The van der Waals surface area contributed by atoms with Crippen LogP contribution in [0.15, 0.2) is 43.0 Å². The van der Waals surface area contributed by atoms with Gasteiger partial charge in [0.15, 0.2) is 17.4 Å². The lowest BCUT2D eigenvalue weighted by molar-refractivity contribution is -0.0714. The van der Waals surface area contributed by atoms with Crippen molar-refractivity contribution in [3.05, 3.63) is 48.5 Å². The lowest BCUT2D eigenvalue weighted by atomic mass is 10.1. The first kappa shape index (κ1) is 32.9. The molecule has 0 spiro atoms. The van der Waals surface area contributed by atoms with Crippen molar-refractivity contribution in [1.82, 2.24) is 24.2 Å². The number of ether oxygens (including phenoxy) is 3. The van der Waals surface area contributed by atoms with E-state index in [0.29, 0.717) is 30.3 Å². The maximum Gasteiger partial charge on any atom is 0.259 e. The number of imidazole rings is 1. The van der Waals surface area contributed by atoms with Gasteiger partial charge in [0.2, 0.25) is 5.88 Å². The maximum atomic E-state index is 9.18. The second kappa shape index (κ2) is 15.7. The third-order valence-corrected chi connectivity index (χ3v) is 11.0. The van der Waals surface area contributed by atoms with Crippen LogP contribution in [0, 0.1) is 11.3 Å². The zero-order chi connectivity index (χ0) is 32.6. The Labute approximate surface area is 265 Å². The molecule has 44 heavy (non-hydrogen) atoms. The van der Waals surface area contributed by atoms with Gasteiger partial charge in [-0.25, -0.2) is 14.6 Å². The number of hydrogen-bond acceptors (Lipinski definition) is 10. The molecular formula is C31H47N6O5PSi. The lowest BCUT2D eigenvalue weighted by Crippen LogP contribution is -2.39. The van der Waals surface area contributed by atoms with Crippen molar-refractivity contribution in [1.29, 1.82) is 5.26 Å². The summed E-state index contributed by atoms with van der Waals surface area (Å²) in [6, 6.07) is 13.3. The molecule has 1 aliphatic heterocycles. The van der Waals surface area contributed by atoms with Gasteiger partial charge in [0.05, 0.1) is 44.7 Å². The molecule has 1 aliphatic rings. The van der Waals surface area contributed by atoms with E-state index in [2.05, 4.69) is 73.0 Å². The molecule has 240 valence electrons. The Bertz CT molecular complexity index is 1380. The highest BCUT2D eigenvalue weighted by Crippen LogP contribution is 2.50. The fraction of sp³-hybridized carbons (Fsp3) is 0.613. The summed E-state index contributed by atoms with van der Waals surface area (Å²) in [5, 5.41) is 9.18. The minimum absolute atomic E-state index is 0.0518. The van der Waals surface area contributed by atoms with Crippen LogP contribution in [0.1, 0.15) is 54.2 Å². The van der Waals surface area contributed by atoms with Crippen molar-refractivity contribution in [3.8, 4) is 11.9 Å². The minimum Gasteiger partial charge on any atom is -0.476 e. The molecule has 0 saturated carbocycles. The molecule has 0 amide bonds. The van der Waals surface area contributed by atoms with Gasteiger partial charge < -0.3 is 23.3 Å². The van der Waals surface area contributed by atoms with Crippen LogP contribution < -0.4 is 4.74 Å². The van der Waals surface area contributed by atoms with Crippen molar-refractivity contribution < 1.29 is 24.6 Å². The number of hydrogen-bond donors (Lipinski definition) is 0. The van der Waals surface area contributed by atoms with Crippen molar-refractivity contribution in [2.75, 3.05) is 13.2 Å². The van der Waals surface area contributed by atoms with Crippen molar-refractivity contribution in [2.24, 2.45) is 0 Å². The Morgan fingerprint density at radius 3 is 2.50 bits per heavy atom. The largest absolute Gasteiger partial charge is 0.476 e. The summed E-state index contributed by atoms with van der Waals surface area (Å²) in [4.78, 5) is 13.6. The van der Waals surface area contributed by atoms with Crippen molar-refractivity contribution >= 4 is 27.8 Å². The molecule has 0 N–H and O–H groups in total. The zero-order valence-electron chi connectivity index (χ0n) is 27.9. The van der Waals surface area contributed by atoms with Crippen molar-refractivity contribution in [2.45, 2.75) is 110 Å². The van der Waals surface area contributed by atoms with E-state index in [4.69, 9.17) is 24.6 Å². The first-order valence-corrected chi connectivity index (χ1v) is 20.0. The van der Waals surface area contributed by atoms with Gasteiger partial charge in [-0.1, -0.05) is 50.0 Å². The van der Waals surface area contributed by atoms with Gasteiger partial charge in [-0.05, 0) is 46.2 Å². The monoisotopic (exact) mass is 643 g/mol. The molecule has 0 aliphatic carbocycles. The van der Waals surface area contributed by atoms with Crippen LogP contribution in [0.25, 0.3) is 11.2 Å². The summed E-state index contributed by atoms with van der Waals surface area (Å²) in [6.07, 6.45) is 0.805. The third-order valence-electron chi connectivity index (χ3n) is 7.14. The average Bonchev–Trinajstić information content (AvgIpc) is 3.57. The fourth-order valence-corrected chi connectivity index (χ4v) is 7.46. The molecule has 13 heteroatoms. The second-order valence-corrected chi connectivity index (χ2v) is 19.6. The Morgan fingerprint density at radius 1 is 1.09 bits per heavy atom. The van der Waals surface area contributed by atoms with Crippen LogP contribution in [0.3, 0.4) is 0 Å². The van der Waals surface area contributed by atoms with Gasteiger partial charge >= 0.3 is 0 Å². The highest BCUT2D eigenvalue weighted by Gasteiger charge is 2.48. The normalized spacial score (nSPS) is 21.7. The number of nitrogens with zero attached hydrogens (tertiary/aromatic N) is 6. The van der Waals surface area contributed by atoms with Gasteiger partial charge in [0.1, 0.15) is 18.5 Å². The number of aromatic nitrogens is 4. The first-order chi connectivity index (χ1) is 21.5. The van der Waals surface area contributed by atoms with Gasteiger partial charge in [-0.2, -0.15) is 10.2 Å². The topological polar surface area (TPSA) is 117 Å². The molecule has 0 bridgehead atoms. The minimum atomic E-state index is -1.61. The summed E-state index contributed by atoms with van der Waals surface area (Å²) >= 11 is 0. The fourth-order valence-electron chi connectivity index (χ4n) is 4.98. The molecule has 1 unspecified atom stereocenters. The van der Waals surface area contributed by atoms with E-state index in [1.807, 2.05) is 34.9 Å². The van der Waals surface area contributed by atoms with Gasteiger partial charge in [0, 0.05) is 21.5 Å². The number of rotatable bonds is 16. The molecule has 4 rings (SSSR count). The first-order valence-electron chi connectivity index (χ1n) is 15.9. The van der Waals surface area contributed by atoms with Gasteiger partial charge in [0.25, 0.3) is 8.53 Å². The summed E-state index contributed by atoms with van der Waals surface area (Å²) in [6.45, 7) is 16.3. The molecule has 1 saturated heterocycles. The van der Waals surface area contributed by atoms with Gasteiger partial charge in [-0.15, -0.1) is 0 Å². The molecule has 11 nitrogen and oxygen atoms in total. The molecule has 5 atom stereocenters. The van der Waals surface area contributed by atoms with Crippen molar-refractivity contribution in [3.63, 3.8) is 0 Å². The van der Waals surface area contributed by atoms with E-state index in [1.54, 1.807) is 6.33 Å². The summed E-state index contributed by atoms with van der Waals surface area (Å²) in [5.41, 5.74) is 2.09. The predicted molar refractivity (Wildman–Crippen MR) is 174 cm³/mol. The molecular weight excluding hydrogens is 595 g/mol. The number of benzene rings is 1. The Morgan fingerprint density at radius 2 is 1.84 bits per heavy atom. The molecule has 1 fully saturated rings. The van der Waals surface area contributed by atoms with E-state index >= 15 is 0 Å². The Balaban J connectivity index is 1.69. The highest BCUT2D eigenvalue weighted by molar-refractivity contribution is 7.44. The molecule has 0 radical (unpaired) electrons. The summed E-state index contributed by atoms with van der Waals surface area (Å²) in [7, 11) is -2.91. The molecule has 1 aromatic carbocycles. The Kier molecular flexibility index (Phi) is 11.7. The molecule has 3 aromatic rings. The maximum absolute atomic E-state index is 9.18. The van der Waals surface area contributed by atoms with Crippen LogP contribution >= 0.6 is 8.53 Å². The van der Waals surface area contributed by atoms with Crippen LogP contribution in [-0.2, 0) is 25.1 Å². The average molecular weight is 644 g/mol. The van der Waals surface area contributed by atoms with E-state index in [9.17, 15) is 5.26 Å². The smallest absolute Gasteiger partial charge is 0.259 e. The van der Waals surface area contributed by atoms with E-state index < -0.39 is 41.1 Å². The SMILES string of the molecule is [2H]C[C@H]1O[C@@H](n2cnc3c(OCC[Si](C)(C)C)ncnc32)[C@H](OCc2ccccc2)[C@@H]1OP(OCCC#N)N(C(C)C)C(C)C. The second-order valence-electron chi connectivity index (χ2n) is 12.6. The Hall–Kier alpha value is -2.49. The van der Waals surface area contributed by atoms with E-state index in [0.717, 1.165) is 11.6 Å². The number of fused-ring (bicyclic) bond motifs is 1. The van der Waals surface area contributed by atoms with Gasteiger partial charge in [-0.3, -0.25) is 4.57 Å². The highest BCUT2D eigenvalue weighted by atomic mass is 31.2. The quantitative estimate of drug-likeness (QED) is 0.0947. The van der Waals surface area contributed by atoms with Crippen LogP contribution in [0.2, 0.25) is 25.7 Å². The standard InChI is InChI=1S/C31H47N6O5PSi/c1-22(2)37(23(3)4)43(40-16-12-15-32)42-27-24(5)41-31(28(27)39-19-25-13-10-9-11-14-25)36-21-35-26-29(36)33-20-34-30(26)38-17-18-44(6,7)8/h9-11,13-14,20-24,27-28,31H,12,16-19H2,1-8H3/t24-,27-,28-,31-,43?/m1/s1/i5D. The van der Waals surface area contributed by atoms with Crippen LogP contribution in [0.5, 0.6) is 5.88 Å². The number of nitriles is 1. The molecule has 3 heterocycles. The summed E-state index contributed by atoms with van der Waals surface area (Å²) < 4.78 is 44.7. The van der Waals surface area contributed by atoms with E-state index in [1.165, 1.54) is 6.33 Å².